The molecule has 9 nitrogen and oxygen atoms in total. The number of amides is 2. The number of nitrogens with one attached hydrogen (secondary N) is 1. The summed E-state index contributed by atoms with van der Waals surface area (Å²) in [6, 6.07) is 14.5. The minimum absolute atomic E-state index is 0.0582. The Morgan fingerprint density at radius 2 is 1.74 bits per heavy atom. The van der Waals surface area contributed by atoms with Crippen LogP contribution in [0.2, 0.25) is 0 Å². The molecule has 0 bridgehead atoms. The maximum absolute atomic E-state index is 13.3. The molecule has 2 heterocycles. The number of hydrogen-bond acceptors (Lipinski definition) is 7. The van der Waals surface area contributed by atoms with Crippen molar-refractivity contribution in [1.82, 2.24) is 4.90 Å². The topological polar surface area (TPSA) is 113 Å². The Balaban J connectivity index is 1.59. The van der Waals surface area contributed by atoms with Crippen molar-refractivity contribution >= 4 is 49.8 Å². The van der Waals surface area contributed by atoms with E-state index in [1.54, 1.807) is 43.0 Å². The maximum Gasteiger partial charge on any atom is 0.341 e. The van der Waals surface area contributed by atoms with Crippen molar-refractivity contribution in [2.45, 2.75) is 38.6 Å². The van der Waals surface area contributed by atoms with Crippen LogP contribution in [0.4, 0.5) is 10.7 Å². The first kappa shape index (κ1) is 27.3. The largest absolute Gasteiger partial charge is 0.462 e. The Morgan fingerprint density at radius 1 is 1.05 bits per heavy atom. The summed E-state index contributed by atoms with van der Waals surface area (Å²) in [6.07, 6.45) is 0.483. The molecule has 1 N–H and O–H groups in total. The molecule has 11 heteroatoms. The zero-order valence-electron chi connectivity index (χ0n) is 21.4. The van der Waals surface area contributed by atoms with E-state index in [-0.39, 0.29) is 29.5 Å². The average Bonchev–Trinajstić information content (AvgIpc) is 3.26. The zero-order chi connectivity index (χ0) is 27.4. The fraction of sp³-hybridized carbons (Fsp3) is 0.296. The lowest BCUT2D eigenvalue weighted by Gasteiger charge is -2.25. The van der Waals surface area contributed by atoms with Gasteiger partial charge >= 0.3 is 5.97 Å². The molecule has 3 aromatic rings. The van der Waals surface area contributed by atoms with Gasteiger partial charge in [-0.3, -0.25) is 13.9 Å². The highest BCUT2D eigenvalue weighted by atomic mass is 32.2. The molecular weight excluding hydrogens is 526 g/mol. The summed E-state index contributed by atoms with van der Waals surface area (Å²) in [7, 11) is -3.83. The fourth-order valence-corrected chi connectivity index (χ4v) is 7.07. The van der Waals surface area contributed by atoms with Gasteiger partial charge in [-0.25, -0.2) is 13.2 Å². The smallest absolute Gasteiger partial charge is 0.341 e. The molecule has 2 aromatic carbocycles. The van der Waals surface area contributed by atoms with E-state index in [4.69, 9.17) is 4.74 Å². The number of sulfonamides is 1. The van der Waals surface area contributed by atoms with E-state index in [1.165, 1.54) is 46.8 Å². The highest BCUT2D eigenvalue weighted by Gasteiger charge is 2.30. The van der Waals surface area contributed by atoms with Crippen LogP contribution in [0.15, 0.2) is 59.5 Å². The number of rotatable bonds is 8. The van der Waals surface area contributed by atoms with Gasteiger partial charge in [-0.1, -0.05) is 18.2 Å². The van der Waals surface area contributed by atoms with Crippen LogP contribution in [0, 0.1) is 0 Å². The summed E-state index contributed by atoms with van der Waals surface area (Å²) >= 11 is 1.24. The Morgan fingerprint density at radius 3 is 2.34 bits per heavy atom. The lowest BCUT2D eigenvalue weighted by atomic mass is 10.0. The van der Waals surface area contributed by atoms with Crippen molar-refractivity contribution in [1.29, 1.82) is 0 Å². The third-order valence-corrected chi connectivity index (χ3v) is 9.29. The lowest BCUT2D eigenvalue weighted by molar-refractivity contribution is -0.129. The van der Waals surface area contributed by atoms with Crippen molar-refractivity contribution in [2.24, 2.45) is 0 Å². The predicted molar refractivity (Wildman–Crippen MR) is 146 cm³/mol. The molecule has 1 aliphatic heterocycles. The molecule has 38 heavy (non-hydrogen) atoms. The second-order valence-electron chi connectivity index (χ2n) is 8.60. The number of nitrogens with zero attached hydrogens (tertiary/aromatic N) is 2. The van der Waals surface area contributed by atoms with Crippen molar-refractivity contribution in [3.05, 3.63) is 76.2 Å². The highest BCUT2D eigenvalue weighted by molar-refractivity contribution is 7.92. The van der Waals surface area contributed by atoms with Gasteiger partial charge in [-0.15, -0.1) is 11.3 Å². The van der Waals surface area contributed by atoms with E-state index >= 15 is 0 Å². The number of para-hydroxylation sites is 1. The van der Waals surface area contributed by atoms with E-state index < -0.39 is 21.9 Å². The maximum atomic E-state index is 13.3. The highest BCUT2D eigenvalue weighted by Crippen LogP contribution is 2.38. The molecule has 2 amide bonds. The second-order valence-corrected chi connectivity index (χ2v) is 11.6. The van der Waals surface area contributed by atoms with E-state index in [1.807, 2.05) is 6.07 Å². The molecule has 4 rings (SSSR count). The van der Waals surface area contributed by atoms with Crippen LogP contribution < -0.4 is 9.62 Å². The van der Waals surface area contributed by atoms with Crippen LogP contribution in [0.25, 0.3) is 0 Å². The van der Waals surface area contributed by atoms with Crippen molar-refractivity contribution in [2.75, 3.05) is 29.3 Å². The lowest BCUT2D eigenvalue weighted by Crippen LogP contribution is -2.34. The van der Waals surface area contributed by atoms with Gasteiger partial charge < -0.3 is 15.0 Å². The molecule has 0 atom stereocenters. The number of ether oxygens (including phenoxy) is 1. The van der Waals surface area contributed by atoms with Gasteiger partial charge in [0, 0.05) is 30.5 Å². The molecule has 0 radical (unpaired) electrons. The second kappa shape index (κ2) is 11.4. The predicted octanol–water partition coefficient (Wildman–Crippen LogP) is 4.30. The summed E-state index contributed by atoms with van der Waals surface area (Å²) in [5.41, 5.74) is 1.87. The first-order valence-electron chi connectivity index (χ1n) is 12.2. The van der Waals surface area contributed by atoms with Crippen molar-refractivity contribution in [3.63, 3.8) is 0 Å². The van der Waals surface area contributed by atoms with Gasteiger partial charge in [0.05, 0.1) is 29.3 Å². The van der Waals surface area contributed by atoms with E-state index in [2.05, 4.69) is 5.32 Å². The van der Waals surface area contributed by atoms with E-state index in [0.29, 0.717) is 35.8 Å². The third-order valence-electron chi connectivity index (χ3n) is 6.24. The van der Waals surface area contributed by atoms with Crippen molar-refractivity contribution in [3.8, 4) is 0 Å². The zero-order valence-corrected chi connectivity index (χ0v) is 23.0. The number of hydrogen-bond donors (Lipinski definition) is 1. The van der Waals surface area contributed by atoms with Gasteiger partial charge in [0.2, 0.25) is 5.91 Å². The number of carbonyl (C=O) groups is 3. The number of esters is 1. The third kappa shape index (κ3) is 5.44. The number of thiophene rings is 1. The molecule has 0 unspecified atom stereocenters. The monoisotopic (exact) mass is 555 g/mol. The minimum atomic E-state index is -3.83. The quantitative estimate of drug-likeness (QED) is 0.415. The first-order valence-corrected chi connectivity index (χ1v) is 14.5. The molecule has 0 saturated heterocycles. The number of carbonyl (C=O) groups excluding carboxylic acids is 3. The molecule has 1 aromatic heterocycles. The van der Waals surface area contributed by atoms with Gasteiger partial charge in [0.25, 0.3) is 15.9 Å². The normalized spacial score (nSPS) is 13.0. The summed E-state index contributed by atoms with van der Waals surface area (Å²) in [5, 5.41) is 3.15. The Bertz CT molecular complexity index is 1450. The molecule has 1 aliphatic rings. The van der Waals surface area contributed by atoms with E-state index in [9.17, 15) is 22.8 Å². The minimum Gasteiger partial charge on any atom is -0.462 e. The molecular formula is C27H29N3O6S2. The summed E-state index contributed by atoms with van der Waals surface area (Å²) in [6.45, 7) is 6.23. The Labute approximate surface area is 226 Å². The molecule has 0 saturated carbocycles. The number of fused-ring (bicyclic) bond motifs is 1. The van der Waals surface area contributed by atoms with Crippen molar-refractivity contribution < 1.29 is 27.5 Å². The Hall–Kier alpha value is -3.70. The SMILES string of the molecule is CCOC(=O)c1c(NC(=O)c2ccc(S(=O)(=O)N(CC)c3ccccc3)cc2)sc2c1CCN(C(C)=O)C2. The van der Waals surface area contributed by atoms with Gasteiger partial charge in [0.1, 0.15) is 5.00 Å². The van der Waals surface area contributed by atoms with Crippen LogP contribution in [0.3, 0.4) is 0 Å². The van der Waals surface area contributed by atoms with Crippen LogP contribution in [0.5, 0.6) is 0 Å². The van der Waals surface area contributed by atoms with Crippen LogP contribution >= 0.6 is 11.3 Å². The van der Waals surface area contributed by atoms with Gasteiger partial charge in [0.15, 0.2) is 0 Å². The van der Waals surface area contributed by atoms with Crippen LogP contribution in [-0.4, -0.2) is 50.8 Å². The van der Waals surface area contributed by atoms with Gasteiger partial charge in [-0.2, -0.15) is 0 Å². The average molecular weight is 556 g/mol. The summed E-state index contributed by atoms with van der Waals surface area (Å²) < 4.78 is 33.0. The van der Waals surface area contributed by atoms with Gasteiger partial charge in [-0.05, 0) is 62.2 Å². The molecule has 0 fully saturated rings. The summed E-state index contributed by atoms with van der Waals surface area (Å²) in [5.74, 6) is -1.08. The fourth-order valence-electron chi connectivity index (χ4n) is 4.35. The number of anilines is 2. The molecule has 0 aliphatic carbocycles. The van der Waals surface area contributed by atoms with E-state index in [0.717, 1.165) is 10.4 Å². The summed E-state index contributed by atoms with van der Waals surface area (Å²) in [4.78, 5) is 40.3. The molecule has 0 spiro atoms. The van der Waals surface area contributed by atoms with Crippen LogP contribution in [0.1, 0.15) is 51.9 Å². The standard InChI is InChI=1S/C27H29N3O6S2/c1-4-30(20-9-7-6-8-10-20)38(34,35)21-13-11-19(12-14-21)25(32)28-26-24(27(33)36-5-2)22-15-16-29(18(3)31)17-23(22)37-26/h6-14H,4-5,15-17H2,1-3H3,(H,28,32). The molecule has 200 valence electrons. The Kier molecular flexibility index (Phi) is 8.17. The first-order chi connectivity index (χ1) is 18.2. The van der Waals surface area contributed by atoms with Crippen LogP contribution in [-0.2, 0) is 32.5 Å². The number of benzene rings is 2.